The van der Waals surface area contributed by atoms with Gasteiger partial charge in [-0.05, 0) is 51.2 Å². The average Bonchev–Trinajstić information content (AvgIpc) is 3.45. The largest absolute Gasteiger partial charge is 0.448 e. The van der Waals surface area contributed by atoms with Gasteiger partial charge in [-0.2, -0.15) is 8.42 Å². The quantitative estimate of drug-likeness (QED) is 0.146. The van der Waals surface area contributed by atoms with Crippen LogP contribution in [0.15, 0.2) is 29.4 Å². The summed E-state index contributed by atoms with van der Waals surface area (Å²) in [5, 5.41) is 18.4. The van der Waals surface area contributed by atoms with Crippen molar-refractivity contribution in [2.45, 2.75) is 74.4 Å². The first-order chi connectivity index (χ1) is 18.6. The Morgan fingerprint density at radius 3 is 2.55 bits per heavy atom. The number of rotatable bonds is 13. The second kappa shape index (κ2) is 13.2. The zero-order valence-electron chi connectivity index (χ0n) is 22.8. The van der Waals surface area contributed by atoms with E-state index in [9.17, 15) is 32.5 Å². The number of fused-ring (bicyclic) bond motifs is 1. The number of para-hydroxylation sites is 2. The minimum absolute atomic E-state index is 0.0164. The van der Waals surface area contributed by atoms with Crippen LogP contribution in [0.3, 0.4) is 0 Å². The first-order valence-electron chi connectivity index (χ1n) is 12.9. The molecule has 222 valence electrons. The van der Waals surface area contributed by atoms with Gasteiger partial charge < -0.3 is 30.8 Å². The van der Waals surface area contributed by atoms with Crippen molar-refractivity contribution in [3.05, 3.63) is 24.3 Å². The molecular weight excluding hydrogens is 562 g/mol. The minimum atomic E-state index is -4.95. The number of imidazole rings is 1. The maximum absolute atomic E-state index is 13.2. The van der Waals surface area contributed by atoms with E-state index < -0.39 is 50.3 Å². The van der Waals surface area contributed by atoms with Gasteiger partial charge in [0.15, 0.2) is 5.16 Å². The van der Waals surface area contributed by atoms with Gasteiger partial charge in [-0.1, -0.05) is 37.7 Å². The lowest BCUT2D eigenvalue weighted by Gasteiger charge is -2.28. The van der Waals surface area contributed by atoms with Crippen molar-refractivity contribution in [1.29, 1.82) is 0 Å². The van der Waals surface area contributed by atoms with Crippen LogP contribution in [0.25, 0.3) is 11.0 Å². The van der Waals surface area contributed by atoms with Gasteiger partial charge in [-0.3, -0.25) is 14.1 Å². The van der Waals surface area contributed by atoms with E-state index in [1.165, 1.54) is 11.8 Å². The molecule has 1 unspecified atom stereocenters. The Hall–Kier alpha value is -2.88. The van der Waals surface area contributed by atoms with E-state index in [0.717, 1.165) is 11.0 Å². The second-order valence-corrected chi connectivity index (χ2v) is 14.1. The molecule has 3 amide bonds. The lowest BCUT2D eigenvalue weighted by Crippen LogP contribution is -2.55. The highest BCUT2D eigenvalue weighted by Gasteiger charge is 2.38. The number of hydrogen-bond acceptors (Lipinski definition) is 9. The molecule has 6 N–H and O–H groups in total. The zero-order chi connectivity index (χ0) is 29.7. The number of carbonyl (C=O) groups is 3. The summed E-state index contributed by atoms with van der Waals surface area (Å²) in [5.41, 5.74) is -0.659. The summed E-state index contributed by atoms with van der Waals surface area (Å²) in [6.45, 7) is 7.76. The van der Waals surface area contributed by atoms with Gasteiger partial charge in [0.1, 0.15) is 12.6 Å². The first kappa shape index (κ1) is 31.6. The standard InChI is InChI=1S/C25H37N5O8S2/c1-14(2)11-18(21(32)27-19(22(33)40(35,36)37)12-15-9-10-26-20(15)31)30-24(34)38-13-25(3,4)39-23-28-16-7-5-6-8-17(16)29-23/h5-8,14-15,18-19,22,33H,9-13H2,1-4H3,(H,26,31)(H,27,32)(H,28,29)(H,30,34)(H,35,36,37)/t15-,18-,19-,22?/m0/s1. The molecule has 1 saturated heterocycles. The number of nitrogens with one attached hydrogen (secondary N) is 4. The van der Waals surface area contributed by atoms with Crippen LogP contribution >= 0.6 is 11.8 Å². The normalized spacial score (nSPS) is 18.3. The summed E-state index contributed by atoms with van der Waals surface area (Å²) < 4.78 is 37.5. The van der Waals surface area contributed by atoms with Gasteiger partial charge >= 0.3 is 6.09 Å². The van der Waals surface area contributed by atoms with E-state index in [0.29, 0.717) is 18.1 Å². The Balaban J connectivity index is 1.63. The smallest absolute Gasteiger partial charge is 0.407 e. The summed E-state index contributed by atoms with van der Waals surface area (Å²) in [6, 6.07) is 4.96. The zero-order valence-corrected chi connectivity index (χ0v) is 24.5. The van der Waals surface area contributed by atoms with E-state index >= 15 is 0 Å². The monoisotopic (exact) mass is 599 g/mol. The number of thioether (sulfide) groups is 1. The fourth-order valence-corrected chi connectivity index (χ4v) is 5.85. The van der Waals surface area contributed by atoms with Crippen molar-refractivity contribution in [2.24, 2.45) is 11.8 Å². The maximum atomic E-state index is 13.2. The SMILES string of the molecule is CC(C)C[C@H](NC(=O)OCC(C)(C)Sc1nc2ccccc2[nH]1)C(=O)N[C@@H](C[C@@H]1CCNC1=O)C(O)S(=O)(=O)O. The average molecular weight is 600 g/mol. The molecule has 1 aromatic carbocycles. The summed E-state index contributed by atoms with van der Waals surface area (Å²) in [4.78, 5) is 45.6. The number of ether oxygens (including phenoxy) is 1. The number of aromatic amines is 1. The van der Waals surface area contributed by atoms with E-state index in [4.69, 9.17) is 4.74 Å². The molecular formula is C25H37N5O8S2. The van der Waals surface area contributed by atoms with Crippen molar-refractivity contribution in [3.63, 3.8) is 0 Å². The third kappa shape index (κ3) is 9.08. The highest BCUT2D eigenvalue weighted by atomic mass is 32.2. The molecule has 0 spiro atoms. The summed E-state index contributed by atoms with van der Waals surface area (Å²) in [7, 11) is -4.95. The van der Waals surface area contributed by atoms with Gasteiger partial charge in [0.05, 0.1) is 21.8 Å². The Morgan fingerprint density at radius 1 is 1.25 bits per heavy atom. The molecule has 0 aliphatic carbocycles. The summed E-state index contributed by atoms with van der Waals surface area (Å²) in [5.74, 6) is -1.84. The molecule has 1 aromatic heterocycles. The predicted molar refractivity (Wildman–Crippen MR) is 149 cm³/mol. The van der Waals surface area contributed by atoms with Gasteiger partial charge in [0.2, 0.25) is 17.3 Å². The maximum Gasteiger partial charge on any atom is 0.407 e. The van der Waals surface area contributed by atoms with Crippen molar-refractivity contribution >= 4 is 50.8 Å². The number of nitrogens with zero attached hydrogens (tertiary/aromatic N) is 1. The Morgan fingerprint density at radius 2 is 1.95 bits per heavy atom. The van der Waals surface area contributed by atoms with Gasteiger partial charge in [0.25, 0.3) is 10.1 Å². The third-order valence-electron chi connectivity index (χ3n) is 6.29. The Kier molecular flexibility index (Phi) is 10.4. The van der Waals surface area contributed by atoms with Crippen molar-refractivity contribution < 1.29 is 37.2 Å². The third-order valence-corrected chi connectivity index (χ3v) is 8.28. The van der Waals surface area contributed by atoms with E-state index in [1.54, 1.807) is 0 Å². The number of aromatic nitrogens is 2. The molecule has 15 heteroatoms. The van der Waals surface area contributed by atoms with Crippen molar-refractivity contribution in [1.82, 2.24) is 25.9 Å². The number of carbonyl (C=O) groups excluding carboxylic acids is 3. The molecule has 2 heterocycles. The number of amides is 3. The molecule has 0 bridgehead atoms. The van der Waals surface area contributed by atoms with Crippen LogP contribution in [0.2, 0.25) is 0 Å². The van der Waals surface area contributed by atoms with E-state index in [1.807, 2.05) is 52.0 Å². The molecule has 1 aliphatic rings. The van der Waals surface area contributed by atoms with E-state index in [-0.39, 0.29) is 31.3 Å². The fraction of sp³-hybridized carbons (Fsp3) is 0.600. The number of hydrogen-bond donors (Lipinski definition) is 6. The molecule has 4 atom stereocenters. The summed E-state index contributed by atoms with van der Waals surface area (Å²) in [6.07, 6.45) is -0.520. The van der Waals surface area contributed by atoms with Gasteiger partial charge in [0, 0.05) is 12.5 Å². The van der Waals surface area contributed by atoms with Gasteiger partial charge in [-0.25, -0.2) is 9.78 Å². The lowest BCUT2D eigenvalue weighted by atomic mass is 9.97. The number of aliphatic hydroxyl groups is 1. The van der Waals surface area contributed by atoms with Crippen LogP contribution in [0.5, 0.6) is 0 Å². The van der Waals surface area contributed by atoms with E-state index in [2.05, 4.69) is 25.9 Å². The molecule has 1 fully saturated rings. The molecule has 13 nitrogen and oxygen atoms in total. The number of aliphatic hydroxyl groups excluding tert-OH is 1. The molecule has 0 radical (unpaired) electrons. The topological polar surface area (TPSA) is 200 Å². The van der Waals surface area contributed by atoms with Crippen LogP contribution < -0.4 is 16.0 Å². The number of benzene rings is 1. The highest BCUT2D eigenvalue weighted by Crippen LogP contribution is 2.32. The van der Waals surface area contributed by atoms with Crippen LogP contribution in [-0.4, -0.2) is 81.4 Å². The Bertz CT molecular complexity index is 1280. The second-order valence-electron chi connectivity index (χ2n) is 10.9. The molecule has 3 rings (SSSR count). The van der Waals surface area contributed by atoms with Crippen molar-refractivity contribution in [2.75, 3.05) is 13.2 Å². The first-order valence-corrected chi connectivity index (χ1v) is 15.3. The van der Waals surface area contributed by atoms with Crippen LogP contribution in [-0.2, 0) is 24.4 Å². The molecule has 0 saturated carbocycles. The summed E-state index contributed by atoms with van der Waals surface area (Å²) >= 11 is 1.39. The predicted octanol–water partition coefficient (Wildman–Crippen LogP) is 1.79. The highest BCUT2D eigenvalue weighted by molar-refractivity contribution is 8.00. The van der Waals surface area contributed by atoms with Gasteiger partial charge in [-0.15, -0.1) is 0 Å². The van der Waals surface area contributed by atoms with Crippen LogP contribution in [0.1, 0.15) is 47.0 Å². The molecule has 2 aromatic rings. The minimum Gasteiger partial charge on any atom is -0.448 e. The number of alkyl carbamates (subject to hydrolysis) is 1. The fourth-order valence-electron chi connectivity index (χ4n) is 4.31. The lowest BCUT2D eigenvalue weighted by molar-refractivity contribution is -0.126. The number of H-pyrrole nitrogens is 1. The molecule has 1 aliphatic heterocycles. The van der Waals surface area contributed by atoms with Crippen molar-refractivity contribution in [3.8, 4) is 0 Å². The van der Waals surface area contributed by atoms with Crippen LogP contribution in [0, 0.1) is 11.8 Å². The Labute approximate surface area is 237 Å². The molecule has 40 heavy (non-hydrogen) atoms. The van der Waals surface area contributed by atoms with Crippen LogP contribution in [0.4, 0.5) is 4.79 Å².